The molecule has 32 heavy (non-hydrogen) atoms. The minimum atomic E-state index is -0.265. The minimum absolute atomic E-state index is 0.000782. The number of nitrogens with one attached hydrogen (secondary N) is 2. The van der Waals surface area contributed by atoms with Crippen LogP contribution >= 0.6 is 0 Å². The van der Waals surface area contributed by atoms with E-state index in [1.807, 2.05) is 36.5 Å². The zero-order chi connectivity index (χ0) is 22.9. The van der Waals surface area contributed by atoms with E-state index in [0.29, 0.717) is 24.6 Å². The Bertz CT molecular complexity index is 1060. The van der Waals surface area contributed by atoms with Crippen molar-refractivity contribution in [3.8, 4) is 5.69 Å². The second kappa shape index (κ2) is 11.1. The van der Waals surface area contributed by atoms with Crippen molar-refractivity contribution in [3.05, 3.63) is 83.4 Å². The summed E-state index contributed by atoms with van der Waals surface area (Å²) >= 11 is 0. The summed E-state index contributed by atoms with van der Waals surface area (Å²) in [5.41, 5.74) is 3.53. The Balaban J connectivity index is 1.43. The fraction of sp³-hybridized carbons (Fsp3) is 0.292. The highest BCUT2D eigenvalue weighted by Gasteiger charge is 2.08. The Labute approximate surface area is 188 Å². The molecule has 0 bridgehead atoms. The quantitative estimate of drug-likeness (QED) is 0.421. The molecular formula is C24H29FN6O. The summed E-state index contributed by atoms with van der Waals surface area (Å²) in [5.74, 6) is 0.446. The van der Waals surface area contributed by atoms with Gasteiger partial charge in [-0.2, -0.15) is 5.10 Å². The lowest BCUT2D eigenvalue weighted by molar-refractivity contribution is 0.0827. The molecule has 3 rings (SSSR count). The number of carbonyl (C=O) groups excluding carboxylic acids is 1. The second-order valence-electron chi connectivity index (χ2n) is 7.55. The molecule has 1 heterocycles. The van der Waals surface area contributed by atoms with E-state index in [0.717, 1.165) is 29.8 Å². The molecule has 0 radical (unpaired) electrons. The van der Waals surface area contributed by atoms with Crippen LogP contribution in [0, 0.1) is 5.82 Å². The van der Waals surface area contributed by atoms with Gasteiger partial charge in [0.2, 0.25) is 0 Å². The summed E-state index contributed by atoms with van der Waals surface area (Å²) in [6.45, 7) is 1.37. The Morgan fingerprint density at radius 1 is 1.06 bits per heavy atom. The molecule has 168 valence electrons. The van der Waals surface area contributed by atoms with Gasteiger partial charge < -0.3 is 15.5 Å². The van der Waals surface area contributed by atoms with Gasteiger partial charge in [-0.25, -0.2) is 9.07 Å². The monoisotopic (exact) mass is 436 g/mol. The smallest absolute Gasteiger partial charge is 0.253 e. The van der Waals surface area contributed by atoms with Crippen LogP contribution in [-0.4, -0.2) is 60.8 Å². The van der Waals surface area contributed by atoms with Crippen molar-refractivity contribution in [2.45, 2.75) is 12.8 Å². The maximum atomic E-state index is 13.1. The molecule has 0 spiro atoms. The van der Waals surface area contributed by atoms with E-state index < -0.39 is 0 Å². The lowest BCUT2D eigenvalue weighted by Gasteiger charge is -2.13. The first-order valence-electron chi connectivity index (χ1n) is 10.5. The van der Waals surface area contributed by atoms with Crippen LogP contribution in [0.25, 0.3) is 5.69 Å². The van der Waals surface area contributed by atoms with Gasteiger partial charge in [-0.3, -0.25) is 9.79 Å². The number of aromatic nitrogens is 2. The van der Waals surface area contributed by atoms with Gasteiger partial charge in [-0.15, -0.1) is 0 Å². The molecule has 8 heteroatoms. The average Bonchev–Trinajstić information content (AvgIpc) is 3.27. The summed E-state index contributed by atoms with van der Waals surface area (Å²) in [6.07, 6.45) is 3.37. The van der Waals surface area contributed by atoms with Gasteiger partial charge in [-0.1, -0.05) is 12.1 Å². The number of halogens is 1. The van der Waals surface area contributed by atoms with E-state index in [9.17, 15) is 9.18 Å². The predicted octanol–water partition coefficient (Wildman–Crippen LogP) is 2.66. The summed E-state index contributed by atoms with van der Waals surface area (Å²) in [5, 5.41) is 11.1. The zero-order valence-corrected chi connectivity index (χ0v) is 18.7. The first kappa shape index (κ1) is 23.0. The highest BCUT2D eigenvalue weighted by Crippen LogP contribution is 2.09. The molecule has 0 saturated heterocycles. The van der Waals surface area contributed by atoms with Crippen LogP contribution in [0.1, 0.15) is 21.6 Å². The number of benzene rings is 2. The number of amides is 1. The number of carbonyl (C=O) groups is 1. The summed E-state index contributed by atoms with van der Waals surface area (Å²) < 4.78 is 14.8. The van der Waals surface area contributed by atoms with Crippen molar-refractivity contribution in [1.29, 1.82) is 0 Å². The average molecular weight is 437 g/mol. The van der Waals surface area contributed by atoms with Crippen LogP contribution in [0.2, 0.25) is 0 Å². The standard InChI is InChI=1S/C24H29FN6O/c1-26-24(27-14-11-18-5-4-6-19(17-18)23(32)30(2)3)28-15-12-21-13-16-31(29-21)22-9-7-20(25)8-10-22/h4-10,13,16-17H,11-12,14-15H2,1-3H3,(H2,26,27,28). The highest BCUT2D eigenvalue weighted by molar-refractivity contribution is 5.94. The normalized spacial score (nSPS) is 11.3. The molecule has 2 aromatic carbocycles. The van der Waals surface area contributed by atoms with Crippen LogP contribution in [-0.2, 0) is 12.8 Å². The van der Waals surface area contributed by atoms with Gasteiger partial charge in [0, 0.05) is 52.4 Å². The fourth-order valence-electron chi connectivity index (χ4n) is 3.21. The van der Waals surface area contributed by atoms with Crippen LogP contribution in [0.15, 0.2) is 65.8 Å². The van der Waals surface area contributed by atoms with Crippen molar-refractivity contribution >= 4 is 11.9 Å². The molecule has 0 aliphatic carbocycles. The van der Waals surface area contributed by atoms with Gasteiger partial charge in [0.1, 0.15) is 5.82 Å². The summed E-state index contributed by atoms with van der Waals surface area (Å²) in [7, 11) is 5.23. The maximum Gasteiger partial charge on any atom is 0.253 e. The van der Waals surface area contributed by atoms with E-state index in [-0.39, 0.29) is 11.7 Å². The van der Waals surface area contributed by atoms with Crippen molar-refractivity contribution in [2.24, 2.45) is 4.99 Å². The van der Waals surface area contributed by atoms with Crippen molar-refractivity contribution in [3.63, 3.8) is 0 Å². The number of nitrogens with zero attached hydrogens (tertiary/aromatic N) is 4. The van der Waals surface area contributed by atoms with Crippen LogP contribution < -0.4 is 10.6 Å². The topological polar surface area (TPSA) is 74.6 Å². The number of aliphatic imine (C=N–C) groups is 1. The van der Waals surface area contributed by atoms with E-state index in [4.69, 9.17) is 0 Å². The molecule has 1 aromatic heterocycles. The van der Waals surface area contributed by atoms with E-state index >= 15 is 0 Å². The van der Waals surface area contributed by atoms with Gasteiger partial charge in [0.25, 0.3) is 5.91 Å². The second-order valence-corrected chi connectivity index (χ2v) is 7.55. The number of rotatable bonds is 8. The Morgan fingerprint density at radius 2 is 1.78 bits per heavy atom. The lowest BCUT2D eigenvalue weighted by Crippen LogP contribution is -2.39. The van der Waals surface area contributed by atoms with Gasteiger partial charge in [0.15, 0.2) is 5.96 Å². The Hall–Kier alpha value is -3.68. The first-order chi connectivity index (χ1) is 15.5. The molecule has 0 atom stereocenters. The zero-order valence-electron chi connectivity index (χ0n) is 18.7. The third kappa shape index (κ3) is 6.41. The Kier molecular flexibility index (Phi) is 7.96. The molecular weight excluding hydrogens is 407 g/mol. The largest absolute Gasteiger partial charge is 0.356 e. The molecule has 1 amide bonds. The van der Waals surface area contributed by atoms with Gasteiger partial charge >= 0.3 is 0 Å². The molecule has 0 fully saturated rings. The maximum absolute atomic E-state index is 13.1. The SMILES string of the molecule is CN=C(NCCc1cccc(C(=O)N(C)C)c1)NCCc1ccn(-c2ccc(F)cc2)n1. The number of hydrogen-bond acceptors (Lipinski definition) is 3. The van der Waals surface area contributed by atoms with Crippen LogP contribution in [0.5, 0.6) is 0 Å². The van der Waals surface area contributed by atoms with Crippen molar-refractivity contribution in [1.82, 2.24) is 25.3 Å². The van der Waals surface area contributed by atoms with Gasteiger partial charge in [-0.05, 0) is 54.4 Å². The van der Waals surface area contributed by atoms with Crippen molar-refractivity contribution in [2.75, 3.05) is 34.2 Å². The molecule has 0 unspecified atom stereocenters. The van der Waals surface area contributed by atoms with Crippen molar-refractivity contribution < 1.29 is 9.18 Å². The first-order valence-corrected chi connectivity index (χ1v) is 10.5. The summed E-state index contributed by atoms with van der Waals surface area (Å²) in [4.78, 5) is 17.9. The van der Waals surface area contributed by atoms with E-state index in [1.54, 1.807) is 42.9 Å². The van der Waals surface area contributed by atoms with Crippen LogP contribution in [0.4, 0.5) is 4.39 Å². The van der Waals surface area contributed by atoms with E-state index in [1.165, 1.54) is 12.1 Å². The van der Waals surface area contributed by atoms with Gasteiger partial charge in [0.05, 0.1) is 11.4 Å². The molecule has 2 N–H and O–H groups in total. The molecule has 7 nitrogen and oxygen atoms in total. The third-order valence-corrected chi connectivity index (χ3v) is 4.92. The Morgan fingerprint density at radius 3 is 2.47 bits per heavy atom. The molecule has 0 aliphatic rings. The minimum Gasteiger partial charge on any atom is -0.356 e. The highest BCUT2D eigenvalue weighted by atomic mass is 19.1. The molecule has 3 aromatic rings. The summed E-state index contributed by atoms with van der Waals surface area (Å²) in [6, 6.07) is 15.9. The number of guanidine groups is 1. The lowest BCUT2D eigenvalue weighted by atomic mass is 10.1. The third-order valence-electron chi connectivity index (χ3n) is 4.92. The van der Waals surface area contributed by atoms with E-state index in [2.05, 4.69) is 20.7 Å². The molecule has 0 saturated carbocycles. The fourth-order valence-corrected chi connectivity index (χ4v) is 3.21. The molecule has 0 aliphatic heterocycles. The number of hydrogen-bond donors (Lipinski definition) is 2. The van der Waals surface area contributed by atoms with Crippen LogP contribution in [0.3, 0.4) is 0 Å². The predicted molar refractivity (Wildman–Crippen MR) is 125 cm³/mol.